The zero-order chi connectivity index (χ0) is 15.2. The normalized spacial score (nSPS) is 15.8. The van der Waals surface area contributed by atoms with Crippen molar-refractivity contribution in [2.24, 2.45) is 5.92 Å². The van der Waals surface area contributed by atoms with E-state index < -0.39 is 0 Å². The topological polar surface area (TPSA) is 37.0 Å². The molecule has 0 bridgehead atoms. The van der Waals surface area contributed by atoms with Gasteiger partial charge in [0.2, 0.25) is 0 Å². The molecule has 3 heteroatoms. The van der Waals surface area contributed by atoms with Crippen molar-refractivity contribution in [3.63, 3.8) is 0 Å². The number of nitrogens with one attached hydrogen (secondary N) is 2. The summed E-state index contributed by atoms with van der Waals surface area (Å²) in [4.78, 5) is 4.65. The van der Waals surface area contributed by atoms with Crippen molar-refractivity contribution in [3.05, 3.63) is 41.8 Å². The van der Waals surface area contributed by atoms with E-state index >= 15 is 0 Å². The molecule has 1 heterocycles. The highest BCUT2D eigenvalue weighted by Gasteiger charge is 2.08. The predicted octanol–water partition coefficient (Wildman–Crippen LogP) is 4.88. The lowest BCUT2D eigenvalue weighted by molar-refractivity contribution is 0.539. The molecule has 1 unspecified atom stereocenters. The number of aryl methyl sites for hydroxylation is 1. The van der Waals surface area contributed by atoms with Crippen molar-refractivity contribution >= 4 is 11.5 Å². The third kappa shape index (κ3) is 4.92. The molecule has 21 heavy (non-hydrogen) atoms. The zero-order valence-corrected chi connectivity index (χ0v) is 13.6. The van der Waals surface area contributed by atoms with Gasteiger partial charge in [-0.05, 0) is 57.2 Å². The van der Waals surface area contributed by atoms with Gasteiger partial charge in [-0.1, -0.05) is 26.0 Å². The molecule has 0 saturated heterocycles. The fourth-order valence-electron chi connectivity index (χ4n) is 2.67. The van der Waals surface area contributed by atoms with Gasteiger partial charge in [-0.3, -0.25) is 0 Å². The Labute approximate surface area is 128 Å². The number of aromatic nitrogens is 1. The maximum Gasteiger partial charge on any atom is 0.130 e. The van der Waals surface area contributed by atoms with Crippen LogP contribution < -0.4 is 10.6 Å². The molecule has 0 aliphatic heterocycles. The molecule has 1 aliphatic carbocycles. The summed E-state index contributed by atoms with van der Waals surface area (Å²) in [7, 11) is 0. The van der Waals surface area contributed by atoms with Crippen molar-refractivity contribution in [1.82, 2.24) is 4.98 Å². The number of nitrogens with zero attached hydrogens (tertiary/aromatic N) is 1. The fraction of sp³-hybridized carbons (Fsp3) is 0.500. The molecule has 0 fully saturated rings. The van der Waals surface area contributed by atoms with Gasteiger partial charge in [0.05, 0.1) is 11.4 Å². The van der Waals surface area contributed by atoms with E-state index in [0.717, 1.165) is 42.2 Å². The van der Waals surface area contributed by atoms with Gasteiger partial charge in [0.1, 0.15) is 5.82 Å². The van der Waals surface area contributed by atoms with E-state index in [1.54, 1.807) is 0 Å². The lowest BCUT2D eigenvalue weighted by atomic mass is 10.0. The second-order valence-corrected chi connectivity index (χ2v) is 6.27. The molecule has 0 radical (unpaired) electrons. The van der Waals surface area contributed by atoms with Crippen LogP contribution in [0.25, 0.3) is 0 Å². The second kappa shape index (κ2) is 7.30. The van der Waals surface area contributed by atoms with Gasteiger partial charge in [0.15, 0.2) is 0 Å². The van der Waals surface area contributed by atoms with Crippen molar-refractivity contribution in [3.8, 4) is 0 Å². The molecule has 3 nitrogen and oxygen atoms in total. The van der Waals surface area contributed by atoms with Crippen molar-refractivity contribution in [1.29, 1.82) is 0 Å². The summed E-state index contributed by atoms with van der Waals surface area (Å²) < 4.78 is 0. The van der Waals surface area contributed by atoms with Gasteiger partial charge in [-0.15, -0.1) is 0 Å². The minimum Gasteiger partial charge on any atom is -0.381 e. The van der Waals surface area contributed by atoms with Crippen LogP contribution in [0.2, 0.25) is 0 Å². The van der Waals surface area contributed by atoms with Gasteiger partial charge in [-0.2, -0.15) is 0 Å². The lowest BCUT2D eigenvalue weighted by Gasteiger charge is -2.19. The summed E-state index contributed by atoms with van der Waals surface area (Å²) >= 11 is 0. The average Bonchev–Trinajstić information content (AvgIpc) is 2.42. The largest absolute Gasteiger partial charge is 0.381 e. The summed E-state index contributed by atoms with van der Waals surface area (Å²) in [5, 5.41) is 6.92. The summed E-state index contributed by atoms with van der Waals surface area (Å²) in [6.07, 6.45) is 9.93. The van der Waals surface area contributed by atoms with E-state index in [0.29, 0.717) is 12.0 Å². The maximum atomic E-state index is 4.65. The molecule has 0 spiro atoms. The number of allylic oxidation sites excluding steroid dienone is 3. The van der Waals surface area contributed by atoms with Gasteiger partial charge >= 0.3 is 0 Å². The van der Waals surface area contributed by atoms with Crippen molar-refractivity contribution < 1.29 is 0 Å². The second-order valence-electron chi connectivity index (χ2n) is 6.27. The molecular formula is C18H27N3. The minimum absolute atomic E-state index is 0.466. The quantitative estimate of drug-likeness (QED) is 0.782. The Kier molecular flexibility index (Phi) is 5.43. The van der Waals surface area contributed by atoms with Crippen LogP contribution in [0.5, 0.6) is 0 Å². The monoisotopic (exact) mass is 285 g/mol. The summed E-state index contributed by atoms with van der Waals surface area (Å²) in [6, 6.07) is 4.63. The Morgan fingerprint density at radius 3 is 2.62 bits per heavy atom. The summed E-state index contributed by atoms with van der Waals surface area (Å²) in [5.41, 5.74) is 3.31. The number of hydrogen-bond donors (Lipinski definition) is 2. The Morgan fingerprint density at radius 1 is 1.19 bits per heavy atom. The highest BCUT2D eigenvalue weighted by atomic mass is 15.0. The Balaban J connectivity index is 2.00. The molecule has 1 aliphatic rings. The molecular weight excluding hydrogens is 258 g/mol. The Hall–Kier alpha value is -1.77. The first-order valence-corrected chi connectivity index (χ1v) is 7.92. The van der Waals surface area contributed by atoms with Gasteiger partial charge < -0.3 is 10.6 Å². The Morgan fingerprint density at radius 2 is 2.00 bits per heavy atom. The van der Waals surface area contributed by atoms with Crippen LogP contribution in [-0.2, 0) is 0 Å². The van der Waals surface area contributed by atoms with Crippen LogP contribution in [0.1, 0.15) is 45.7 Å². The molecule has 0 saturated carbocycles. The van der Waals surface area contributed by atoms with E-state index in [-0.39, 0.29) is 0 Å². The molecule has 1 aromatic heterocycles. The lowest BCUT2D eigenvalue weighted by Crippen LogP contribution is -2.18. The third-order valence-electron chi connectivity index (χ3n) is 3.58. The first-order chi connectivity index (χ1) is 10.0. The van der Waals surface area contributed by atoms with Crippen LogP contribution in [0, 0.1) is 12.8 Å². The molecule has 2 rings (SSSR count). The first kappa shape index (κ1) is 15.6. The maximum absolute atomic E-state index is 4.65. The summed E-state index contributed by atoms with van der Waals surface area (Å²) in [6.45, 7) is 8.79. The van der Waals surface area contributed by atoms with E-state index in [4.69, 9.17) is 0 Å². The van der Waals surface area contributed by atoms with E-state index in [2.05, 4.69) is 67.6 Å². The standard InChI is InChI=1S/C18H27N3/c1-13(2)12-14(3)19-17-10-11-18(20-15(17)4)21-16-8-6-5-7-9-16/h6,8-11,13-14,19H,5,7,12H2,1-4H3,(H,20,21). The van der Waals surface area contributed by atoms with Gasteiger partial charge in [-0.25, -0.2) is 4.98 Å². The van der Waals surface area contributed by atoms with Gasteiger partial charge in [0, 0.05) is 11.7 Å². The van der Waals surface area contributed by atoms with Crippen LogP contribution in [-0.4, -0.2) is 11.0 Å². The number of pyridine rings is 1. The third-order valence-corrected chi connectivity index (χ3v) is 3.58. The van der Waals surface area contributed by atoms with E-state index in [9.17, 15) is 0 Å². The molecule has 114 valence electrons. The molecule has 1 atom stereocenters. The average molecular weight is 285 g/mol. The van der Waals surface area contributed by atoms with Crippen LogP contribution >= 0.6 is 0 Å². The minimum atomic E-state index is 0.466. The molecule has 2 N–H and O–H groups in total. The van der Waals surface area contributed by atoms with Crippen LogP contribution in [0.3, 0.4) is 0 Å². The highest BCUT2D eigenvalue weighted by Crippen LogP contribution is 2.20. The Bertz CT molecular complexity index is 529. The molecule has 1 aromatic rings. The van der Waals surface area contributed by atoms with Crippen LogP contribution in [0.15, 0.2) is 36.1 Å². The first-order valence-electron chi connectivity index (χ1n) is 7.92. The summed E-state index contributed by atoms with van der Waals surface area (Å²) in [5.74, 6) is 1.61. The predicted molar refractivity (Wildman–Crippen MR) is 91.6 cm³/mol. The van der Waals surface area contributed by atoms with Crippen molar-refractivity contribution in [2.45, 2.75) is 53.0 Å². The fourth-order valence-corrected chi connectivity index (χ4v) is 2.67. The highest BCUT2D eigenvalue weighted by molar-refractivity contribution is 5.55. The van der Waals surface area contributed by atoms with Crippen LogP contribution in [0.4, 0.5) is 11.5 Å². The number of anilines is 2. The van der Waals surface area contributed by atoms with E-state index in [1.807, 2.05) is 6.07 Å². The zero-order valence-electron chi connectivity index (χ0n) is 13.6. The van der Waals surface area contributed by atoms with E-state index in [1.165, 1.54) is 0 Å². The number of rotatable bonds is 6. The smallest absolute Gasteiger partial charge is 0.130 e. The van der Waals surface area contributed by atoms with Crippen molar-refractivity contribution in [2.75, 3.05) is 10.6 Å². The molecule has 0 aromatic carbocycles. The number of hydrogen-bond acceptors (Lipinski definition) is 3. The van der Waals surface area contributed by atoms with Gasteiger partial charge in [0.25, 0.3) is 0 Å². The molecule has 0 amide bonds. The SMILES string of the molecule is Cc1nc(NC2=CCCC=C2)ccc1NC(C)CC(C)C.